The standard InChI is InChI=1S/C21H14ClN5O5S/c22-16-10-15(27(30)31)5-6-17(16)25-20(29)14(11-23)9-13-3-1-2-4-18(13)32-12-19(28)26-21-24-7-8-33-21/h1-10H,12H2,(H,25,29)(H,24,26,28). The molecule has 0 bridgehead atoms. The molecular formula is C21H14ClN5O5S. The summed E-state index contributed by atoms with van der Waals surface area (Å²) < 4.78 is 5.54. The minimum absolute atomic E-state index is 0.0511. The highest BCUT2D eigenvalue weighted by molar-refractivity contribution is 7.13. The second-order valence-corrected chi connectivity index (χ2v) is 7.56. The van der Waals surface area contributed by atoms with Gasteiger partial charge in [0.2, 0.25) is 0 Å². The van der Waals surface area contributed by atoms with Crippen LogP contribution in [0.15, 0.2) is 59.6 Å². The lowest BCUT2D eigenvalue weighted by molar-refractivity contribution is -0.384. The number of non-ortho nitro benzene ring substituents is 1. The number of carbonyl (C=O) groups excluding carboxylic acids is 2. The van der Waals surface area contributed by atoms with Gasteiger partial charge in [-0.2, -0.15) is 5.26 Å². The molecule has 1 aromatic heterocycles. The molecule has 3 aromatic rings. The Morgan fingerprint density at radius 1 is 1.27 bits per heavy atom. The molecule has 0 aliphatic rings. The number of nitrogens with zero attached hydrogens (tertiary/aromatic N) is 3. The van der Waals surface area contributed by atoms with Crippen LogP contribution >= 0.6 is 22.9 Å². The average Bonchev–Trinajstić information content (AvgIpc) is 3.30. The molecule has 0 radical (unpaired) electrons. The van der Waals surface area contributed by atoms with Crippen LogP contribution in [-0.2, 0) is 9.59 Å². The van der Waals surface area contributed by atoms with Gasteiger partial charge < -0.3 is 10.1 Å². The van der Waals surface area contributed by atoms with Crippen molar-refractivity contribution in [3.8, 4) is 11.8 Å². The van der Waals surface area contributed by atoms with E-state index in [1.807, 2.05) is 0 Å². The molecule has 0 unspecified atom stereocenters. The van der Waals surface area contributed by atoms with Gasteiger partial charge in [-0.05, 0) is 18.2 Å². The van der Waals surface area contributed by atoms with E-state index >= 15 is 0 Å². The summed E-state index contributed by atoms with van der Waals surface area (Å²) in [5.74, 6) is -0.917. The number of benzene rings is 2. The minimum atomic E-state index is -0.774. The number of nitrogens with one attached hydrogen (secondary N) is 2. The van der Waals surface area contributed by atoms with Gasteiger partial charge in [0, 0.05) is 29.3 Å². The molecule has 1 heterocycles. The summed E-state index contributed by atoms with van der Waals surface area (Å²) in [6.07, 6.45) is 2.85. The predicted octanol–water partition coefficient (Wildman–Crippen LogP) is 4.27. The van der Waals surface area contributed by atoms with E-state index < -0.39 is 16.7 Å². The number of ether oxygens (including phenoxy) is 1. The number of rotatable bonds is 8. The Morgan fingerprint density at radius 2 is 2.06 bits per heavy atom. The third-order valence-electron chi connectivity index (χ3n) is 4.03. The zero-order chi connectivity index (χ0) is 23.8. The van der Waals surface area contributed by atoms with Crippen LogP contribution in [0, 0.1) is 21.4 Å². The highest BCUT2D eigenvalue weighted by Gasteiger charge is 2.15. The summed E-state index contributed by atoms with van der Waals surface area (Å²) >= 11 is 7.25. The number of nitro groups is 1. The van der Waals surface area contributed by atoms with Gasteiger partial charge in [0.05, 0.1) is 15.6 Å². The summed E-state index contributed by atoms with van der Waals surface area (Å²) in [6.45, 7) is -0.309. The number of hydrogen-bond acceptors (Lipinski definition) is 8. The van der Waals surface area contributed by atoms with Crippen LogP contribution in [0.4, 0.5) is 16.5 Å². The van der Waals surface area contributed by atoms with Crippen LogP contribution in [0.2, 0.25) is 5.02 Å². The van der Waals surface area contributed by atoms with E-state index in [0.717, 1.165) is 6.07 Å². The van der Waals surface area contributed by atoms with Crippen molar-refractivity contribution in [1.82, 2.24) is 4.98 Å². The Labute approximate surface area is 196 Å². The predicted molar refractivity (Wildman–Crippen MR) is 123 cm³/mol. The third kappa shape index (κ3) is 6.36. The molecule has 33 heavy (non-hydrogen) atoms. The number of aromatic nitrogens is 1. The smallest absolute Gasteiger partial charge is 0.271 e. The van der Waals surface area contributed by atoms with E-state index in [0.29, 0.717) is 10.7 Å². The van der Waals surface area contributed by atoms with Crippen molar-refractivity contribution in [1.29, 1.82) is 5.26 Å². The monoisotopic (exact) mass is 483 g/mol. The van der Waals surface area contributed by atoms with Crippen LogP contribution in [0.5, 0.6) is 5.75 Å². The normalized spacial score (nSPS) is 10.7. The molecule has 2 amide bonds. The second-order valence-electron chi connectivity index (χ2n) is 6.26. The second kappa shape index (κ2) is 10.9. The van der Waals surface area contributed by atoms with Crippen molar-refractivity contribution in [2.45, 2.75) is 0 Å². The Balaban J connectivity index is 1.73. The molecule has 10 nitrogen and oxygen atoms in total. The zero-order valence-corrected chi connectivity index (χ0v) is 18.2. The number of carbonyl (C=O) groups is 2. The lowest BCUT2D eigenvalue weighted by Crippen LogP contribution is -2.20. The van der Waals surface area contributed by atoms with Gasteiger partial charge in [0.25, 0.3) is 17.5 Å². The summed E-state index contributed by atoms with van der Waals surface area (Å²) in [6, 6.07) is 11.9. The van der Waals surface area contributed by atoms with Crippen LogP contribution < -0.4 is 15.4 Å². The van der Waals surface area contributed by atoms with E-state index in [2.05, 4.69) is 15.6 Å². The molecular weight excluding hydrogens is 470 g/mol. The number of amides is 2. The summed E-state index contributed by atoms with van der Waals surface area (Å²) in [5, 5.41) is 27.4. The number of hydrogen-bond donors (Lipinski definition) is 2. The molecule has 0 fully saturated rings. The quantitative estimate of drug-likeness (QED) is 0.210. The lowest BCUT2D eigenvalue weighted by atomic mass is 10.1. The molecule has 0 aliphatic carbocycles. The Hall–Kier alpha value is -4.27. The molecule has 3 rings (SSSR count). The van der Waals surface area contributed by atoms with E-state index in [9.17, 15) is 25.0 Å². The zero-order valence-electron chi connectivity index (χ0n) is 16.6. The number of para-hydroxylation sites is 1. The first-order valence-corrected chi connectivity index (χ1v) is 10.4. The van der Waals surface area contributed by atoms with Crippen molar-refractivity contribution in [3.05, 3.63) is 80.3 Å². The van der Waals surface area contributed by atoms with Gasteiger partial charge in [-0.15, -0.1) is 11.3 Å². The SMILES string of the molecule is N#CC(=Cc1ccccc1OCC(=O)Nc1nccs1)C(=O)Nc1ccc([N+](=O)[O-])cc1Cl. The minimum Gasteiger partial charge on any atom is -0.483 e. The number of thiazole rings is 1. The fourth-order valence-corrected chi connectivity index (χ4v) is 3.29. The van der Waals surface area contributed by atoms with E-state index in [1.165, 1.54) is 29.5 Å². The van der Waals surface area contributed by atoms with Crippen LogP contribution in [0.3, 0.4) is 0 Å². The van der Waals surface area contributed by atoms with E-state index in [4.69, 9.17) is 16.3 Å². The van der Waals surface area contributed by atoms with Gasteiger partial charge in [-0.1, -0.05) is 29.8 Å². The molecule has 2 aromatic carbocycles. The first kappa shape index (κ1) is 23.4. The molecule has 2 N–H and O–H groups in total. The average molecular weight is 484 g/mol. The summed E-state index contributed by atoms with van der Waals surface area (Å²) in [5.41, 5.74) is -0.00965. The van der Waals surface area contributed by atoms with Crippen LogP contribution in [0.25, 0.3) is 6.08 Å². The first-order chi connectivity index (χ1) is 15.9. The van der Waals surface area contributed by atoms with Crippen molar-refractivity contribution in [2.75, 3.05) is 17.2 Å². The Kier molecular flexibility index (Phi) is 7.69. The van der Waals surface area contributed by atoms with E-state index in [1.54, 1.807) is 41.9 Å². The number of nitriles is 1. The maximum absolute atomic E-state index is 12.6. The number of halogens is 1. The molecule has 0 saturated heterocycles. The van der Waals surface area contributed by atoms with Crippen molar-refractivity contribution < 1.29 is 19.2 Å². The molecule has 0 spiro atoms. The van der Waals surface area contributed by atoms with Crippen molar-refractivity contribution >= 4 is 57.3 Å². The fourth-order valence-electron chi connectivity index (χ4n) is 2.53. The van der Waals surface area contributed by atoms with Gasteiger partial charge in [0.15, 0.2) is 11.7 Å². The third-order valence-corrected chi connectivity index (χ3v) is 5.03. The van der Waals surface area contributed by atoms with Crippen LogP contribution in [-0.4, -0.2) is 28.3 Å². The number of nitro benzene ring substituents is 1. The Bertz CT molecular complexity index is 1270. The largest absolute Gasteiger partial charge is 0.483 e. The van der Waals surface area contributed by atoms with Gasteiger partial charge in [-0.3, -0.25) is 25.0 Å². The lowest BCUT2D eigenvalue weighted by Gasteiger charge is -2.10. The van der Waals surface area contributed by atoms with Gasteiger partial charge >= 0.3 is 0 Å². The molecule has 166 valence electrons. The first-order valence-electron chi connectivity index (χ1n) is 9.15. The molecule has 0 aliphatic heterocycles. The maximum Gasteiger partial charge on any atom is 0.271 e. The van der Waals surface area contributed by atoms with Crippen LogP contribution in [0.1, 0.15) is 5.56 Å². The van der Waals surface area contributed by atoms with Gasteiger partial charge in [-0.25, -0.2) is 4.98 Å². The maximum atomic E-state index is 12.6. The molecule has 0 atom stereocenters. The Morgan fingerprint density at radius 3 is 2.73 bits per heavy atom. The van der Waals surface area contributed by atoms with E-state index in [-0.39, 0.29) is 34.3 Å². The number of anilines is 2. The van der Waals surface area contributed by atoms with Crippen molar-refractivity contribution in [2.24, 2.45) is 0 Å². The topological polar surface area (TPSA) is 147 Å². The van der Waals surface area contributed by atoms with Crippen molar-refractivity contribution in [3.63, 3.8) is 0 Å². The summed E-state index contributed by atoms with van der Waals surface area (Å²) in [4.78, 5) is 38.7. The summed E-state index contributed by atoms with van der Waals surface area (Å²) in [7, 11) is 0. The van der Waals surface area contributed by atoms with Gasteiger partial charge in [0.1, 0.15) is 17.4 Å². The fraction of sp³-hybridized carbons (Fsp3) is 0.0476. The highest BCUT2D eigenvalue weighted by atomic mass is 35.5. The highest BCUT2D eigenvalue weighted by Crippen LogP contribution is 2.27. The molecule has 0 saturated carbocycles. The molecule has 12 heteroatoms.